The minimum Gasteiger partial charge on any atom is -0.507 e. The van der Waals surface area contributed by atoms with Crippen LogP contribution in [0.3, 0.4) is 0 Å². The zero-order valence-electron chi connectivity index (χ0n) is 17.8. The Bertz CT molecular complexity index is 1110. The number of aromatic nitrogens is 2. The molecule has 0 bridgehead atoms. The lowest BCUT2D eigenvalue weighted by atomic mass is 10.1. The highest BCUT2D eigenvalue weighted by atomic mass is 19.1. The molecule has 1 fully saturated rings. The molecule has 8 nitrogen and oxygen atoms in total. The summed E-state index contributed by atoms with van der Waals surface area (Å²) < 4.78 is 23.9. The predicted molar refractivity (Wildman–Crippen MR) is 118 cm³/mol. The maximum absolute atomic E-state index is 14.0. The number of anilines is 1. The van der Waals surface area contributed by atoms with Crippen molar-refractivity contribution in [1.29, 1.82) is 0 Å². The van der Waals surface area contributed by atoms with E-state index >= 15 is 0 Å². The van der Waals surface area contributed by atoms with E-state index in [1.807, 2.05) is 0 Å². The Morgan fingerprint density at radius 2 is 2.09 bits per heavy atom. The summed E-state index contributed by atoms with van der Waals surface area (Å²) in [5.41, 5.74) is 1.11. The van der Waals surface area contributed by atoms with Crippen molar-refractivity contribution in [2.24, 2.45) is 5.92 Å². The van der Waals surface area contributed by atoms with Crippen molar-refractivity contribution in [2.45, 2.75) is 6.42 Å². The number of fused-ring (bicyclic) bond motifs is 1. The van der Waals surface area contributed by atoms with Gasteiger partial charge in [0.25, 0.3) is 0 Å². The molecule has 1 aliphatic heterocycles. The molecule has 1 aromatic heterocycles. The molecule has 168 valence electrons. The van der Waals surface area contributed by atoms with Gasteiger partial charge < -0.3 is 24.8 Å². The average molecular weight is 440 g/mol. The number of halogens is 1. The third-order valence-electron chi connectivity index (χ3n) is 5.42. The summed E-state index contributed by atoms with van der Waals surface area (Å²) in [7, 11) is 1.54. The number of nitrogens with one attached hydrogen (secondary N) is 1. The van der Waals surface area contributed by atoms with E-state index in [4.69, 9.17) is 14.5 Å². The van der Waals surface area contributed by atoms with E-state index in [1.165, 1.54) is 12.1 Å². The van der Waals surface area contributed by atoms with Crippen molar-refractivity contribution < 1.29 is 23.8 Å². The number of carbonyl (C=O) groups is 1. The number of ether oxygens (including phenoxy) is 2. The molecule has 1 aliphatic rings. The van der Waals surface area contributed by atoms with Crippen LogP contribution in [0.15, 0.2) is 42.5 Å². The summed E-state index contributed by atoms with van der Waals surface area (Å²) in [4.78, 5) is 23.1. The van der Waals surface area contributed by atoms with Gasteiger partial charge >= 0.3 is 6.09 Å². The number of aromatic hydroxyl groups is 1. The number of alkyl carbamates (subject to hydrolysis) is 1. The fourth-order valence-corrected chi connectivity index (χ4v) is 3.80. The first-order valence-electron chi connectivity index (χ1n) is 10.5. The molecule has 2 N–H and O–H groups in total. The molecule has 0 radical (unpaired) electrons. The third-order valence-corrected chi connectivity index (χ3v) is 5.42. The average Bonchev–Trinajstić information content (AvgIpc) is 3.26. The van der Waals surface area contributed by atoms with Crippen LogP contribution in [0.5, 0.6) is 5.75 Å². The second-order valence-corrected chi connectivity index (χ2v) is 7.66. The summed E-state index contributed by atoms with van der Waals surface area (Å²) in [6.07, 6.45) is 0.363. The smallest absolute Gasteiger partial charge is 0.407 e. The Morgan fingerprint density at radius 1 is 1.25 bits per heavy atom. The van der Waals surface area contributed by atoms with Crippen LogP contribution >= 0.6 is 0 Å². The van der Waals surface area contributed by atoms with E-state index in [2.05, 4.69) is 15.2 Å². The van der Waals surface area contributed by atoms with E-state index in [1.54, 1.807) is 37.4 Å². The Morgan fingerprint density at radius 3 is 2.91 bits per heavy atom. The molecule has 0 spiro atoms. The standard InChI is InChI=1S/C23H25FN4O4/c1-31-10-11-32-23(30)25-13-15-8-9-28(14-15)22-18-12-16(24)6-7-19(18)26-21(27-22)17-4-2-3-5-20(17)29/h2-7,12,15,29H,8-11,13-14H2,1H3,(H,25,30). The van der Waals surface area contributed by atoms with E-state index in [0.29, 0.717) is 54.3 Å². The number of amides is 1. The van der Waals surface area contributed by atoms with E-state index < -0.39 is 6.09 Å². The molecule has 3 aromatic rings. The van der Waals surface area contributed by atoms with E-state index in [-0.39, 0.29) is 24.1 Å². The number of nitrogens with zero attached hydrogens (tertiary/aromatic N) is 3. The molecule has 1 unspecified atom stereocenters. The van der Waals surface area contributed by atoms with Gasteiger partial charge in [0, 0.05) is 32.1 Å². The normalized spacial score (nSPS) is 15.8. The van der Waals surface area contributed by atoms with Crippen molar-refractivity contribution >= 4 is 22.8 Å². The maximum Gasteiger partial charge on any atom is 0.407 e. The van der Waals surface area contributed by atoms with Crippen LogP contribution in [-0.4, -0.2) is 61.1 Å². The number of hydrogen-bond acceptors (Lipinski definition) is 7. The first-order chi connectivity index (χ1) is 15.5. The van der Waals surface area contributed by atoms with Crippen LogP contribution in [0.25, 0.3) is 22.3 Å². The Kier molecular flexibility index (Phi) is 6.65. The lowest BCUT2D eigenvalue weighted by molar-refractivity contribution is 0.0979. The topological polar surface area (TPSA) is 96.8 Å². The van der Waals surface area contributed by atoms with Crippen LogP contribution < -0.4 is 10.2 Å². The number of carbonyl (C=O) groups excluding carboxylic acids is 1. The van der Waals surface area contributed by atoms with Gasteiger partial charge in [0.15, 0.2) is 5.82 Å². The van der Waals surface area contributed by atoms with Gasteiger partial charge in [-0.1, -0.05) is 12.1 Å². The number of benzene rings is 2. The van der Waals surface area contributed by atoms with Crippen LogP contribution in [-0.2, 0) is 9.47 Å². The Balaban J connectivity index is 1.55. The number of rotatable bonds is 7. The van der Waals surface area contributed by atoms with Crippen molar-refractivity contribution in [3.05, 3.63) is 48.3 Å². The Hall–Kier alpha value is -3.46. The summed E-state index contributed by atoms with van der Waals surface area (Å²) >= 11 is 0. The van der Waals surface area contributed by atoms with Gasteiger partial charge in [-0.25, -0.2) is 19.2 Å². The van der Waals surface area contributed by atoms with Crippen molar-refractivity contribution in [3.63, 3.8) is 0 Å². The molecule has 1 amide bonds. The number of hydrogen-bond donors (Lipinski definition) is 2. The first-order valence-corrected chi connectivity index (χ1v) is 10.5. The van der Waals surface area contributed by atoms with Crippen LogP contribution in [0.2, 0.25) is 0 Å². The molecule has 4 rings (SSSR count). The highest BCUT2D eigenvalue weighted by Crippen LogP contribution is 2.33. The second-order valence-electron chi connectivity index (χ2n) is 7.66. The van der Waals surface area contributed by atoms with Crippen LogP contribution in [0.4, 0.5) is 15.0 Å². The van der Waals surface area contributed by atoms with Gasteiger partial charge in [-0.15, -0.1) is 0 Å². The summed E-state index contributed by atoms with van der Waals surface area (Å²) in [5, 5.41) is 13.6. The summed E-state index contributed by atoms with van der Waals surface area (Å²) in [6.45, 7) is 2.36. The number of phenolic OH excluding ortho intramolecular Hbond substituents is 1. The van der Waals surface area contributed by atoms with Gasteiger partial charge in [0.1, 0.15) is 24.0 Å². The van der Waals surface area contributed by atoms with Crippen molar-refractivity contribution in [2.75, 3.05) is 44.9 Å². The molecule has 32 heavy (non-hydrogen) atoms. The fourth-order valence-electron chi connectivity index (χ4n) is 3.80. The first kappa shape index (κ1) is 21.8. The van der Waals surface area contributed by atoms with Crippen molar-refractivity contribution in [3.8, 4) is 17.1 Å². The molecule has 1 atom stereocenters. The van der Waals surface area contributed by atoms with Crippen LogP contribution in [0, 0.1) is 11.7 Å². The molecule has 1 saturated heterocycles. The van der Waals surface area contributed by atoms with Gasteiger partial charge in [0.2, 0.25) is 0 Å². The van der Waals surface area contributed by atoms with Gasteiger partial charge in [-0.05, 0) is 42.7 Å². The quantitative estimate of drug-likeness (QED) is 0.544. The van der Waals surface area contributed by atoms with E-state index in [9.17, 15) is 14.3 Å². The zero-order chi connectivity index (χ0) is 22.5. The highest BCUT2D eigenvalue weighted by Gasteiger charge is 2.26. The molecule has 2 aromatic carbocycles. The molecular weight excluding hydrogens is 415 g/mol. The van der Waals surface area contributed by atoms with Gasteiger partial charge in [-0.2, -0.15) is 0 Å². The number of phenols is 1. The van der Waals surface area contributed by atoms with Crippen LogP contribution in [0.1, 0.15) is 6.42 Å². The number of methoxy groups -OCH3 is 1. The van der Waals surface area contributed by atoms with Gasteiger partial charge in [-0.3, -0.25) is 0 Å². The predicted octanol–water partition coefficient (Wildman–Crippen LogP) is 3.34. The molecular formula is C23H25FN4O4. The Labute approximate surface area is 185 Å². The minimum absolute atomic E-state index is 0.0791. The lowest BCUT2D eigenvalue weighted by Crippen LogP contribution is -2.32. The van der Waals surface area contributed by atoms with Gasteiger partial charge in [0.05, 0.1) is 17.7 Å². The highest BCUT2D eigenvalue weighted by molar-refractivity contribution is 5.91. The second kappa shape index (κ2) is 9.78. The lowest BCUT2D eigenvalue weighted by Gasteiger charge is -2.20. The van der Waals surface area contributed by atoms with Crippen molar-refractivity contribution in [1.82, 2.24) is 15.3 Å². The zero-order valence-corrected chi connectivity index (χ0v) is 17.8. The number of para-hydroxylation sites is 1. The molecule has 2 heterocycles. The molecule has 0 aliphatic carbocycles. The maximum atomic E-state index is 14.0. The van der Waals surface area contributed by atoms with E-state index in [0.717, 1.165) is 6.42 Å². The fraction of sp³-hybridized carbons (Fsp3) is 0.348. The largest absolute Gasteiger partial charge is 0.507 e. The monoisotopic (exact) mass is 440 g/mol. The summed E-state index contributed by atoms with van der Waals surface area (Å²) in [6, 6.07) is 11.3. The SMILES string of the molecule is COCCOC(=O)NCC1CCN(c2nc(-c3ccccc3O)nc3ccc(F)cc23)C1. The molecule has 9 heteroatoms. The third kappa shape index (κ3) is 4.88. The minimum atomic E-state index is -0.475. The molecule has 0 saturated carbocycles. The summed E-state index contributed by atoms with van der Waals surface area (Å²) in [5.74, 6) is 0.889.